The van der Waals surface area contributed by atoms with Gasteiger partial charge in [0.2, 0.25) is 0 Å². The molecular formula is C12H11NO2. The summed E-state index contributed by atoms with van der Waals surface area (Å²) in [6, 6.07) is 11.0. The molecular weight excluding hydrogens is 190 g/mol. The number of hydrogen-bond acceptors (Lipinski definition) is 3. The largest absolute Gasteiger partial charge is 0.506 e. The van der Waals surface area contributed by atoms with Crippen molar-refractivity contribution in [3.63, 3.8) is 0 Å². The molecule has 0 radical (unpaired) electrons. The van der Waals surface area contributed by atoms with Gasteiger partial charge < -0.3 is 10.2 Å². The van der Waals surface area contributed by atoms with Gasteiger partial charge in [0.25, 0.3) is 0 Å². The first-order valence-corrected chi connectivity index (χ1v) is 4.65. The zero-order chi connectivity index (χ0) is 10.7. The molecule has 0 bridgehead atoms. The predicted molar refractivity (Wildman–Crippen MR) is 57.3 cm³/mol. The third-order valence-corrected chi connectivity index (χ3v) is 2.15. The SMILES string of the molecule is OCc1cnc(-c2ccccc2)c(O)c1. The molecule has 3 nitrogen and oxygen atoms in total. The van der Waals surface area contributed by atoms with Crippen LogP contribution < -0.4 is 0 Å². The van der Waals surface area contributed by atoms with Gasteiger partial charge in [0.15, 0.2) is 0 Å². The molecule has 15 heavy (non-hydrogen) atoms. The molecule has 0 atom stereocenters. The summed E-state index contributed by atoms with van der Waals surface area (Å²) in [6.07, 6.45) is 1.56. The van der Waals surface area contributed by atoms with E-state index in [9.17, 15) is 5.11 Å². The minimum Gasteiger partial charge on any atom is -0.506 e. The number of benzene rings is 1. The van der Waals surface area contributed by atoms with Crippen molar-refractivity contribution in [3.8, 4) is 17.0 Å². The molecule has 1 aromatic carbocycles. The fraction of sp³-hybridized carbons (Fsp3) is 0.0833. The van der Waals surface area contributed by atoms with Crippen LogP contribution in [0, 0.1) is 0 Å². The molecule has 0 amide bonds. The fourth-order valence-electron chi connectivity index (χ4n) is 1.40. The smallest absolute Gasteiger partial charge is 0.142 e. The van der Waals surface area contributed by atoms with E-state index in [0.717, 1.165) is 5.56 Å². The van der Waals surface area contributed by atoms with Gasteiger partial charge in [-0.15, -0.1) is 0 Å². The molecule has 76 valence electrons. The predicted octanol–water partition coefficient (Wildman–Crippen LogP) is 1.95. The highest BCUT2D eigenvalue weighted by Crippen LogP contribution is 2.26. The van der Waals surface area contributed by atoms with Crippen LogP contribution in [0.15, 0.2) is 42.6 Å². The van der Waals surface area contributed by atoms with Gasteiger partial charge in [0.1, 0.15) is 11.4 Å². The zero-order valence-electron chi connectivity index (χ0n) is 8.09. The normalized spacial score (nSPS) is 10.2. The minimum atomic E-state index is -0.115. The van der Waals surface area contributed by atoms with Gasteiger partial charge in [-0.2, -0.15) is 0 Å². The van der Waals surface area contributed by atoms with E-state index in [1.54, 1.807) is 6.20 Å². The van der Waals surface area contributed by atoms with E-state index in [4.69, 9.17) is 5.11 Å². The molecule has 2 aromatic rings. The van der Waals surface area contributed by atoms with Crippen molar-refractivity contribution in [3.05, 3.63) is 48.2 Å². The maximum atomic E-state index is 9.70. The van der Waals surface area contributed by atoms with Crippen LogP contribution in [0.3, 0.4) is 0 Å². The average molecular weight is 201 g/mol. The summed E-state index contributed by atoms with van der Waals surface area (Å²) in [5.74, 6) is 0.0905. The molecule has 2 rings (SSSR count). The summed E-state index contributed by atoms with van der Waals surface area (Å²) in [7, 11) is 0. The van der Waals surface area contributed by atoms with Crippen LogP contribution in [-0.4, -0.2) is 15.2 Å². The second-order valence-corrected chi connectivity index (χ2v) is 3.24. The van der Waals surface area contributed by atoms with E-state index in [1.807, 2.05) is 30.3 Å². The minimum absolute atomic E-state index is 0.0905. The maximum absolute atomic E-state index is 9.70. The van der Waals surface area contributed by atoms with Crippen LogP contribution in [-0.2, 0) is 6.61 Å². The van der Waals surface area contributed by atoms with Crippen LogP contribution in [0.5, 0.6) is 5.75 Å². The van der Waals surface area contributed by atoms with Crippen molar-refractivity contribution in [2.45, 2.75) is 6.61 Å². The summed E-state index contributed by atoms with van der Waals surface area (Å²) in [6.45, 7) is -0.115. The summed E-state index contributed by atoms with van der Waals surface area (Å²) < 4.78 is 0. The van der Waals surface area contributed by atoms with Crippen molar-refractivity contribution in [2.75, 3.05) is 0 Å². The van der Waals surface area contributed by atoms with Crippen molar-refractivity contribution in [1.29, 1.82) is 0 Å². The average Bonchev–Trinajstić information content (AvgIpc) is 2.30. The van der Waals surface area contributed by atoms with E-state index >= 15 is 0 Å². The zero-order valence-corrected chi connectivity index (χ0v) is 8.09. The molecule has 1 heterocycles. The van der Waals surface area contributed by atoms with Crippen molar-refractivity contribution < 1.29 is 10.2 Å². The quantitative estimate of drug-likeness (QED) is 0.780. The van der Waals surface area contributed by atoms with Crippen LogP contribution in [0.1, 0.15) is 5.56 Å². The number of rotatable bonds is 2. The van der Waals surface area contributed by atoms with E-state index in [-0.39, 0.29) is 12.4 Å². The van der Waals surface area contributed by atoms with E-state index < -0.39 is 0 Å². The molecule has 0 saturated heterocycles. The summed E-state index contributed by atoms with van der Waals surface area (Å²) in [4.78, 5) is 4.11. The van der Waals surface area contributed by atoms with Crippen LogP contribution in [0.2, 0.25) is 0 Å². The molecule has 0 aliphatic rings. The fourth-order valence-corrected chi connectivity index (χ4v) is 1.40. The number of hydrogen-bond donors (Lipinski definition) is 2. The van der Waals surface area contributed by atoms with Crippen LogP contribution in [0.25, 0.3) is 11.3 Å². The van der Waals surface area contributed by atoms with Crippen molar-refractivity contribution in [1.82, 2.24) is 4.98 Å². The Labute approximate surface area is 87.7 Å². The lowest BCUT2D eigenvalue weighted by Crippen LogP contribution is -1.89. The molecule has 0 spiro atoms. The number of aliphatic hydroxyl groups excluding tert-OH is 1. The van der Waals surface area contributed by atoms with Gasteiger partial charge in [-0.25, -0.2) is 0 Å². The number of aromatic hydroxyl groups is 1. The van der Waals surface area contributed by atoms with E-state index in [1.165, 1.54) is 6.07 Å². The number of nitrogens with zero attached hydrogens (tertiary/aromatic N) is 1. The number of pyridine rings is 1. The van der Waals surface area contributed by atoms with Gasteiger partial charge in [-0.3, -0.25) is 4.98 Å². The third-order valence-electron chi connectivity index (χ3n) is 2.15. The lowest BCUT2D eigenvalue weighted by atomic mass is 10.1. The van der Waals surface area contributed by atoms with Gasteiger partial charge >= 0.3 is 0 Å². The first-order chi connectivity index (χ1) is 7.31. The second kappa shape index (κ2) is 4.11. The molecule has 2 N–H and O–H groups in total. The Bertz CT molecular complexity index is 454. The Kier molecular flexibility index (Phi) is 2.65. The highest BCUT2D eigenvalue weighted by Gasteiger charge is 2.05. The monoisotopic (exact) mass is 201 g/mol. The molecule has 0 fully saturated rings. The molecule has 0 aliphatic carbocycles. The number of aliphatic hydroxyl groups is 1. The van der Waals surface area contributed by atoms with Gasteiger partial charge in [0, 0.05) is 11.8 Å². The van der Waals surface area contributed by atoms with Crippen molar-refractivity contribution in [2.24, 2.45) is 0 Å². The molecule has 0 saturated carbocycles. The maximum Gasteiger partial charge on any atom is 0.142 e. The standard InChI is InChI=1S/C12H11NO2/c14-8-9-6-11(15)12(13-7-9)10-4-2-1-3-5-10/h1-7,14-15H,8H2. The Morgan fingerprint density at radius 2 is 1.87 bits per heavy atom. The molecule has 3 heteroatoms. The summed E-state index contributed by atoms with van der Waals surface area (Å²) in [5, 5.41) is 18.6. The Balaban J connectivity index is 2.46. The van der Waals surface area contributed by atoms with E-state index in [2.05, 4.69) is 4.98 Å². The summed E-state index contributed by atoms with van der Waals surface area (Å²) in [5.41, 5.74) is 2.00. The highest BCUT2D eigenvalue weighted by molar-refractivity contribution is 5.65. The topological polar surface area (TPSA) is 53.4 Å². The Morgan fingerprint density at radius 1 is 1.13 bits per heavy atom. The first-order valence-electron chi connectivity index (χ1n) is 4.65. The number of aromatic nitrogens is 1. The lowest BCUT2D eigenvalue weighted by Gasteiger charge is -2.04. The second-order valence-electron chi connectivity index (χ2n) is 3.24. The molecule has 0 aliphatic heterocycles. The third kappa shape index (κ3) is 1.97. The molecule has 0 unspecified atom stereocenters. The van der Waals surface area contributed by atoms with Crippen molar-refractivity contribution >= 4 is 0 Å². The summed E-state index contributed by atoms with van der Waals surface area (Å²) >= 11 is 0. The van der Waals surface area contributed by atoms with Gasteiger partial charge in [-0.1, -0.05) is 30.3 Å². The van der Waals surface area contributed by atoms with E-state index in [0.29, 0.717) is 11.3 Å². The first kappa shape index (κ1) is 9.68. The van der Waals surface area contributed by atoms with Crippen LogP contribution >= 0.6 is 0 Å². The lowest BCUT2D eigenvalue weighted by molar-refractivity contribution is 0.280. The van der Waals surface area contributed by atoms with Crippen LogP contribution in [0.4, 0.5) is 0 Å². The Morgan fingerprint density at radius 3 is 2.47 bits per heavy atom. The highest BCUT2D eigenvalue weighted by atomic mass is 16.3. The van der Waals surface area contributed by atoms with Gasteiger partial charge in [0.05, 0.1) is 6.61 Å². The molecule has 1 aromatic heterocycles. The van der Waals surface area contributed by atoms with Gasteiger partial charge in [-0.05, 0) is 11.6 Å². The Hall–Kier alpha value is -1.87.